The van der Waals surface area contributed by atoms with Crippen molar-refractivity contribution in [3.05, 3.63) is 12.2 Å². The van der Waals surface area contributed by atoms with Crippen LogP contribution in [0, 0.1) is 0 Å². The van der Waals surface area contributed by atoms with Crippen molar-refractivity contribution in [1.29, 1.82) is 0 Å². The minimum Gasteiger partial charge on any atom is -0.481 e. The summed E-state index contributed by atoms with van der Waals surface area (Å²) >= 11 is 0. The Hall–Kier alpha value is -2.87. The molecule has 186 valence electrons. The Morgan fingerprint density at radius 3 is 1.91 bits per heavy atom. The number of aliphatic hydroxyl groups is 2. The number of nitrogens with one attached hydrogen (secondary N) is 1. The third-order valence-corrected chi connectivity index (χ3v) is 5.40. The van der Waals surface area contributed by atoms with Crippen molar-refractivity contribution in [3.8, 4) is 0 Å². The predicted octanol–water partition coefficient (Wildman–Crippen LogP) is -1.43. The van der Waals surface area contributed by atoms with Crippen molar-refractivity contribution >= 4 is 29.7 Å². The van der Waals surface area contributed by atoms with E-state index < -0.39 is 79.8 Å². The van der Waals surface area contributed by atoms with Crippen LogP contribution in [-0.4, -0.2) is 104 Å². The molecule has 0 fully saturated rings. The standard InChI is InChI=1S/C20H30N2O11/c23-12-19(13-33-11-6-18(30)31,20(32,7-4-16(26)27)8-5-17(28)29)21-9-1-10-22-14(24)2-3-15(22)25/h2-3,21,23,32H,1,4-13H2,(H,26,27)(H,28,29)(H,30,31). The minimum absolute atomic E-state index is 0.0295. The van der Waals surface area contributed by atoms with Crippen LogP contribution < -0.4 is 5.32 Å². The molecule has 33 heavy (non-hydrogen) atoms. The molecule has 0 saturated carbocycles. The summed E-state index contributed by atoms with van der Waals surface area (Å²) in [7, 11) is 0. The van der Waals surface area contributed by atoms with Crippen LogP contribution in [0.2, 0.25) is 0 Å². The van der Waals surface area contributed by atoms with Gasteiger partial charge in [0.25, 0.3) is 11.8 Å². The van der Waals surface area contributed by atoms with Crippen LogP contribution in [0.1, 0.15) is 38.5 Å². The predicted molar refractivity (Wildman–Crippen MR) is 110 cm³/mol. The Morgan fingerprint density at radius 1 is 0.939 bits per heavy atom. The van der Waals surface area contributed by atoms with Crippen molar-refractivity contribution in [2.75, 3.05) is 32.9 Å². The highest BCUT2D eigenvalue weighted by Crippen LogP contribution is 2.33. The fourth-order valence-corrected chi connectivity index (χ4v) is 3.45. The van der Waals surface area contributed by atoms with E-state index in [1.165, 1.54) is 0 Å². The van der Waals surface area contributed by atoms with Gasteiger partial charge in [-0.05, 0) is 25.8 Å². The molecule has 0 aromatic rings. The number of hydrogen-bond donors (Lipinski definition) is 6. The van der Waals surface area contributed by atoms with Crippen molar-refractivity contribution < 1.29 is 54.2 Å². The fraction of sp³-hybridized carbons (Fsp3) is 0.650. The maximum atomic E-state index is 11.7. The van der Waals surface area contributed by atoms with Gasteiger partial charge in [0, 0.05) is 31.5 Å². The molecule has 13 nitrogen and oxygen atoms in total. The first-order chi connectivity index (χ1) is 15.5. The topological polar surface area (TPSA) is 211 Å². The van der Waals surface area contributed by atoms with Gasteiger partial charge in [-0.25, -0.2) is 0 Å². The fourth-order valence-electron chi connectivity index (χ4n) is 3.45. The van der Waals surface area contributed by atoms with E-state index in [0.717, 1.165) is 17.1 Å². The lowest BCUT2D eigenvalue weighted by atomic mass is 9.74. The van der Waals surface area contributed by atoms with Crippen molar-refractivity contribution in [1.82, 2.24) is 10.2 Å². The van der Waals surface area contributed by atoms with Gasteiger partial charge in [-0.15, -0.1) is 0 Å². The molecule has 0 aromatic heterocycles. The maximum Gasteiger partial charge on any atom is 0.305 e. The second-order valence-corrected chi connectivity index (χ2v) is 7.70. The molecule has 0 spiro atoms. The lowest BCUT2D eigenvalue weighted by molar-refractivity contribution is -0.150. The van der Waals surface area contributed by atoms with Crippen LogP contribution in [0.5, 0.6) is 0 Å². The average Bonchev–Trinajstić information content (AvgIpc) is 3.07. The van der Waals surface area contributed by atoms with E-state index in [1.54, 1.807) is 0 Å². The summed E-state index contributed by atoms with van der Waals surface area (Å²) in [6, 6.07) is 0. The van der Waals surface area contributed by atoms with Gasteiger partial charge < -0.3 is 35.6 Å². The zero-order chi connectivity index (χ0) is 25.1. The van der Waals surface area contributed by atoms with Crippen LogP contribution >= 0.6 is 0 Å². The molecule has 13 heteroatoms. The Bertz CT molecular complexity index is 731. The molecule has 0 aromatic carbocycles. The molecule has 0 aliphatic carbocycles. The molecule has 0 radical (unpaired) electrons. The molecule has 6 N–H and O–H groups in total. The number of amides is 2. The molecule has 1 heterocycles. The first kappa shape index (κ1) is 28.2. The normalized spacial score (nSPS) is 15.6. The lowest BCUT2D eigenvalue weighted by Gasteiger charge is -2.47. The van der Waals surface area contributed by atoms with Gasteiger partial charge in [0.05, 0.1) is 37.4 Å². The van der Waals surface area contributed by atoms with E-state index >= 15 is 0 Å². The van der Waals surface area contributed by atoms with Crippen molar-refractivity contribution in [2.45, 2.75) is 49.7 Å². The third-order valence-electron chi connectivity index (χ3n) is 5.40. The number of carboxylic acids is 3. The van der Waals surface area contributed by atoms with Crippen molar-refractivity contribution in [2.24, 2.45) is 0 Å². The van der Waals surface area contributed by atoms with E-state index in [-0.39, 0.29) is 32.5 Å². The summed E-state index contributed by atoms with van der Waals surface area (Å²) in [6.07, 6.45) is 0.187. The highest BCUT2D eigenvalue weighted by Gasteiger charge is 2.50. The van der Waals surface area contributed by atoms with E-state index in [1.807, 2.05) is 0 Å². The second-order valence-electron chi connectivity index (χ2n) is 7.70. The highest BCUT2D eigenvalue weighted by molar-refractivity contribution is 6.12. The van der Waals surface area contributed by atoms with E-state index in [0.29, 0.717) is 0 Å². The van der Waals surface area contributed by atoms with Gasteiger partial charge in [0.15, 0.2) is 0 Å². The van der Waals surface area contributed by atoms with Crippen molar-refractivity contribution in [3.63, 3.8) is 0 Å². The Morgan fingerprint density at radius 2 is 1.45 bits per heavy atom. The van der Waals surface area contributed by atoms with Gasteiger partial charge in [-0.1, -0.05) is 0 Å². The molecule has 2 amide bonds. The third kappa shape index (κ3) is 8.53. The molecule has 1 rings (SSSR count). The van der Waals surface area contributed by atoms with Crippen LogP contribution in [0.15, 0.2) is 12.2 Å². The summed E-state index contributed by atoms with van der Waals surface area (Å²) in [4.78, 5) is 57.3. The van der Waals surface area contributed by atoms with Gasteiger partial charge in [-0.3, -0.25) is 28.9 Å². The largest absolute Gasteiger partial charge is 0.481 e. The summed E-state index contributed by atoms with van der Waals surface area (Å²) in [5, 5.41) is 51.4. The van der Waals surface area contributed by atoms with Crippen LogP contribution in [0.3, 0.4) is 0 Å². The number of aliphatic hydroxyl groups excluding tert-OH is 1. The maximum absolute atomic E-state index is 11.7. The number of hydrogen-bond acceptors (Lipinski definition) is 9. The quantitative estimate of drug-likeness (QED) is 0.0997. The summed E-state index contributed by atoms with van der Waals surface area (Å²) in [5.41, 5.74) is -3.80. The van der Waals surface area contributed by atoms with E-state index in [4.69, 9.17) is 20.1 Å². The zero-order valence-corrected chi connectivity index (χ0v) is 18.1. The Balaban J connectivity index is 3.01. The Kier molecular flexibility index (Phi) is 11.1. The second kappa shape index (κ2) is 13.0. The van der Waals surface area contributed by atoms with Gasteiger partial charge in [-0.2, -0.15) is 0 Å². The average molecular weight is 474 g/mol. The molecule has 0 bridgehead atoms. The monoisotopic (exact) mass is 474 g/mol. The van der Waals surface area contributed by atoms with Gasteiger partial charge in [0.1, 0.15) is 0 Å². The first-order valence-electron chi connectivity index (χ1n) is 10.3. The number of rotatable bonds is 18. The number of aliphatic carboxylic acids is 3. The zero-order valence-electron chi connectivity index (χ0n) is 18.1. The molecular weight excluding hydrogens is 444 g/mol. The van der Waals surface area contributed by atoms with E-state index in [9.17, 15) is 34.2 Å². The van der Waals surface area contributed by atoms with E-state index in [2.05, 4.69) is 5.32 Å². The number of nitrogens with zero attached hydrogens (tertiary/aromatic N) is 1. The SMILES string of the molecule is O=C(O)CCOCC(CO)(NCCCN1C(=O)C=CC1=O)C(O)(CCC(=O)O)CCC(=O)O. The summed E-state index contributed by atoms with van der Waals surface area (Å²) < 4.78 is 5.34. The summed E-state index contributed by atoms with van der Waals surface area (Å²) in [5.74, 6) is -4.60. The van der Waals surface area contributed by atoms with Crippen LogP contribution in [-0.2, 0) is 28.7 Å². The molecule has 0 saturated heterocycles. The molecule has 1 aliphatic heterocycles. The van der Waals surface area contributed by atoms with Crippen LogP contribution in [0.25, 0.3) is 0 Å². The Labute approximate surface area is 189 Å². The number of imide groups is 1. The molecule has 1 aliphatic rings. The first-order valence-corrected chi connectivity index (χ1v) is 10.3. The van der Waals surface area contributed by atoms with Gasteiger partial charge >= 0.3 is 17.9 Å². The smallest absolute Gasteiger partial charge is 0.305 e. The molecule has 1 unspecified atom stereocenters. The summed E-state index contributed by atoms with van der Waals surface area (Å²) in [6.45, 7) is -1.45. The minimum atomic E-state index is -2.05. The number of carbonyl (C=O) groups is 5. The number of ether oxygens (including phenoxy) is 1. The highest BCUT2D eigenvalue weighted by atomic mass is 16.5. The number of carboxylic acid groups (broad SMARTS) is 3. The number of carbonyl (C=O) groups excluding carboxylic acids is 2. The molecular formula is C20H30N2O11. The lowest BCUT2D eigenvalue weighted by Crippen LogP contribution is -2.68. The van der Waals surface area contributed by atoms with Gasteiger partial charge in [0.2, 0.25) is 0 Å². The molecule has 1 atom stereocenters. The van der Waals surface area contributed by atoms with Crippen LogP contribution in [0.4, 0.5) is 0 Å².